The van der Waals surface area contributed by atoms with Gasteiger partial charge in [-0.2, -0.15) is 0 Å². The fourth-order valence-electron chi connectivity index (χ4n) is 1.84. The van der Waals surface area contributed by atoms with E-state index in [0.29, 0.717) is 13.1 Å². The minimum atomic E-state index is 0.0670. The highest BCUT2D eigenvalue weighted by atomic mass is 15.2. The van der Waals surface area contributed by atoms with E-state index in [2.05, 4.69) is 45.9 Å². The minimum absolute atomic E-state index is 0.0670. The van der Waals surface area contributed by atoms with Crippen LogP contribution in [0.2, 0.25) is 0 Å². The summed E-state index contributed by atoms with van der Waals surface area (Å²) < 4.78 is 0. The van der Waals surface area contributed by atoms with Crippen LogP contribution in [0.1, 0.15) is 32.2 Å². The van der Waals surface area contributed by atoms with Gasteiger partial charge in [0.05, 0.1) is 24.1 Å². The SMILES string of the molecule is CN(Cc1ccccn1)c1cncc(CNC(C)(C)C)n1. The second kappa shape index (κ2) is 6.63. The Hall–Kier alpha value is -2.01. The van der Waals surface area contributed by atoms with Crippen LogP contribution < -0.4 is 10.2 Å². The number of nitrogens with zero attached hydrogens (tertiary/aromatic N) is 4. The van der Waals surface area contributed by atoms with Gasteiger partial charge in [-0.05, 0) is 32.9 Å². The average Bonchev–Trinajstić information content (AvgIpc) is 2.46. The molecule has 0 aliphatic rings. The Kier molecular flexibility index (Phi) is 4.85. The highest BCUT2D eigenvalue weighted by molar-refractivity contribution is 5.35. The number of hydrogen-bond donors (Lipinski definition) is 1. The number of nitrogens with one attached hydrogen (secondary N) is 1. The molecule has 0 saturated heterocycles. The van der Waals surface area contributed by atoms with Gasteiger partial charge in [0.25, 0.3) is 0 Å². The molecular formula is C16H23N5. The topological polar surface area (TPSA) is 53.9 Å². The van der Waals surface area contributed by atoms with Crippen LogP contribution in [-0.4, -0.2) is 27.5 Å². The van der Waals surface area contributed by atoms with Gasteiger partial charge in [-0.1, -0.05) is 6.07 Å². The van der Waals surface area contributed by atoms with Crippen LogP contribution in [0.5, 0.6) is 0 Å². The second-order valence-corrected chi connectivity index (χ2v) is 6.15. The monoisotopic (exact) mass is 285 g/mol. The predicted molar refractivity (Wildman–Crippen MR) is 85.0 cm³/mol. The van der Waals surface area contributed by atoms with Crippen molar-refractivity contribution in [2.45, 2.75) is 39.4 Å². The van der Waals surface area contributed by atoms with Crippen molar-refractivity contribution in [3.8, 4) is 0 Å². The van der Waals surface area contributed by atoms with Gasteiger partial charge in [0.1, 0.15) is 5.82 Å². The molecular weight excluding hydrogens is 262 g/mol. The molecule has 0 aliphatic heterocycles. The van der Waals surface area contributed by atoms with Crippen LogP contribution in [0.25, 0.3) is 0 Å². The maximum Gasteiger partial charge on any atom is 0.147 e. The molecule has 112 valence electrons. The number of aromatic nitrogens is 3. The third kappa shape index (κ3) is 5.11. The van der Waals surface area contributed by atoms with Gasteiger partial charge in [0.15, 0.2) is 0 Å². The zero-order valence-corrected chi connectivity index (χ0v) is 13.2. The van der Waals surface area contributed by atoms with Crippen molar-refractivity contribution in [2.75, 3.05) is 11.9 Å². The molecule has 0 bridgehead atoms. The molecule has 0 atom stereocenters. The molecule has 0 aromatic carbocycles. The zero-order chi connectivity index (χ0) is 15.3. The number of anilines is 1. The Morgan fingerprint density at radius 2 is 1.95 bits per heavy atom. The summed E-state index contributed by atoms with van der Waals surface area (Å²) in [7, 11) is 2.00. The van der Waals surface area contributed by atoms with Crippen LogP contribution in [0.3, 0.4) is 0 Å². The molecule has 21 heavy (non-hydrogen) atoms. The lowest BCUT2D eigenvalue weighted by atomic mass is 10.1. The Labute approximate surface area is 126 Å². The molecule has 5 nitrogen and oxygen atoms in total. The van der Waals surface area contributed by atoms with Crippen LogP contribution >= 0.6 is 0 Å². The third-order valence-electron chi connectivity index (χ3n) is 2.99. The van der Waals surface area contributed by atoms with Gasteiger partial charge in [-0.3, -0.25) is 9.97 Å². The number of rotatable bonds is 5. The highest BCUT2D eigenvalue weighted by Gasteiger charge is 2.10. The average molecular weight is 285 g/mol. The fourth-order valence-corrected chi connectivity index (χ4v) is 1.84. The summed E-state index contributed by atoms with van der Waals surface area (Å²) in [5, 5.41) is 3.42. The first-order valence-corrected chi connectivity index (χ1v) is 7.11. The molecule has 5 heteroatoms. The summed E-state index contributed by atoms with van der Waals surface area (Å²) in [5.74, 6) is 0.855. The fraction of sp³-hybridized carbons (Fsp3) is 0.438. The van der Waals surface area contributed by atoms with Gasteiger partial charge < -0.3 is 10.2 Å². The van der Waals surface area contributed by atoms with Crippen molar-refractivity contribution >= 4 is 5.82 Å². The van der Waals surface area contributed by atoms with E-state index in [-0.39, 0.29) is 5.54 Å². The molecule has 0 saturated carbocycles. The molecule has 1 N–H and O–H groups in total. The van der Waals surface area contributed by atoms with Gasteiger partial charge in [-0.15, -0.1) is 0 Å². The lowest BCUT2D eigenvalue weighted by molar-refractivity contribution is 0.421. The van der Waals surface area contributed by atoms with Crippen molar-refractivity contribution in [3.05, 3.63) is 48.2 Å². The maximum absolute atomic E-state index is 4.65. The highest BCUT2D eigenvalue weighted by Crippen LogP contribution is 2.11. The molecule has 0 radical (unpaired) electrons. The van der Waals surface area contributed by atoms with Gasteiger partial charge in [-0.25, -0.2) is 4.98 Å². The molecule has 0 amide bonds. The third-order valence-corrected chi connectivity index (χ3v) is 2.99. The van der Waals surface area contributed by atoms with E-state index in [4.69, 9.17) is 0 Å². The molecule has 2 aromatic heterocycles. The second-order valence-electron chi connectivity index (χ2n) is 6.15. The number of pyridine rings is 1. The van der Waals surface area contributed by atoms with Crippen LogP contribution in [0.4, 0.5) is 5.82 Å². The molecule has 0 unspecified atom stereocenters. The molecule has 0 aliphatic carbocycles. The van der Waals surface area contributed by atoms with E-state index in [1.54, 1.807) is 18.6 Å². The Balaban J connectivity index is 2.03. The lowest BCUT2D eigenvalue weighted by Crippen LogP contribution is -2.35. The van der Waals surface area contributed by atoms with Crippen LogP contribution in [0.15, 0.2) is 36.8 Å². The summed E-state index contributed by atoms with van der Waals surface area (Å²) in [4.78, 5) is 15.3. The molecule has 0 spiro atoms. The predicted octanol–water partition coefficient (Wildman–Crippen LogP) is 2.40. The first-order chi connectivity index (χ1) is 9.94. The smallest absolute Gasteiger partial charge is 0.147 e. The largest absolute Gasteiger partial charge is 0.352 e. The first-order valence-electron chi connectivity index (χ1n) is 7.11. The van der Waals surface area contributed by atoms with E-state index >= 15 is 0 Å². The van der Waals surface area contributed by atoms with Crippen molar-refractivity contribution in [1.82, 2.24) is 20.3 Å². The van der Waals surface area contributed by atoms with E-state index in [1.165, 1.54) is 0 Å². The van der Waals surface area contributed by atoms with Gasteiger partial charge in [0, 0.05) is 31.5 Å². The summed E-state index contributed by atoms with van der Waals surface area (Å²) in [5.41, 5.74) is 2.02. The van der Waals surface area contributed by atoms with Crippen molar-refractivity contribution in [1.29, 1.82) is 0 Å². The standard InChI is InChI=1S/C16H23N5/c1-16(2,3)19-10-14-9-17-11-15(20-14)21(4)12-13-7-5-6-8-18-13/h5-9,11,19H,10,12H2,1-4H3. The zero-order valence-electron chi connectivity index (χ0n) is 13.2. The van der Waals surface area contributed by atoms with Gasteiger partial charge in [0.2, 0.25) is 0 Å². The maximum atomic E-state index is 4.65. The van der Waals surface area contributed by atoms with Crippen LogP contribution in [-0.2, 0) is 13.1 Å². The van der Waals surface area contributed by atoms with Crippen LogP contribution in [0, 0.1) is 0 Å². The van der Waals surface area contributed by atoms with Crippen molar-refractivity contribution in [3.63, 3.8) is 0 Å². The summed E-state index contributed by atoms with van der Waals surface area (Å²) in [6, 6.07) is 5.92. The number of hydrogen-bond acceptors (Lipinski definition) is 5. The molecule has 2 heterocycles. The summed E-state index contributed by atoms with van der Waals surface area (Å²) in [6.07, 6.45) is 5.39. The Morgan fingerprint density at radius 1 is 1.14 bits per heavy atom. The van der Waals surface area contributed by atoms with E-state index < -0.39 is 0 Å². The van der Waals surface area contributed by atoms with E-state index in [1.807, 2.05) is 25.2 Å². The summed E-state index contributed by atoms with van der Waals surface area (Å²) >= 11 is 0. The van der Waals surface area contributed by atoms with Gasteiger partial charge >= 0.3 is 0 Å². The van der Waals surface area contributed by atoms with Crippen molar-refractivity contribution < 1.29 is 0 Å². The normalized spacial score (nSPS) is 11.4. The van der Waals surface area contributed by atoms with E-state index in [9.17, 15) is 0 Å². The quantitative estimate of drug-likeness (QED) is 0.914. The Morgan fingerprint density at radius 3 is 2.62 bits per heavy atom. The summed E-state index contributed by atoms with van der Waals surface area (Å²) in [6.45, 7) is 7.83. The Bertz CT molecular complexity index is 562. The molecule has 2 rings (SSSR count). The molecule has 0 fully saturated rings. The minimum Gasteiger partial charge on any atom is -0.352 e. The first kappa shape index (κ1) is 15.4. The van der Waals surface area contributed by atoms with E-state index in [0.717, 1.165) is 17.2 Å². The van der Waals surface area contributed by atoms with Crippen molar-refractivity contribution in [2.24, 2.45) is 0 Å². The molecule has 2 aromatic rings. The lowest BCUT2D eigenvalue weighted by Gasteiger charge is -2.21.